The number of ether oxygens (including phenoxy) is 1. The molecule has 0 radical (unpaired) electrons. The van der Waals surface area contributed by atoms with Crippen molar-refractivity contribution in [2.45, 2.75) is 25.8 Å². The molecule has 0 unspecified atom stereocenters. The van der Waals surface area contributed by atoms with E-state index in [1.807, 2.05) is 6.92 Å². The molecule has 22 heavy (non-hydrogen) atoms. The highest BCUT2D eigenvalue weighted by Gasteiger charge is 2.27. The third-order valence-corrected chi connectivity index (χ3v) is 3.74. The number of methoxy groups -OCH3 is 1. The molecule has 0 aliphatic carbocycles. The topological polar surface area (TPSA) is 72.6 Å². The van der Waals surface area contributed by atoms with Crippen LogP contribution in [-0.4, -0.2) is 43.5 Å². The first-order valence-corrected chi connectivity index (χ1v) is 7.17. The predicted molar refractivity (Wildman–Crippen MR) is 81.5 cm³/mol. The minimum atomic E-state index is -0.558. The van der Waals surface area contributed by atoms with Crippen LogP contribution in [0.4, 0.5) is 4.39 Å². The van der Waals surface area contributed by atoms with Crippen molar-refractivity contribution in [2.75, 3.05) is 20.7 Å². The van der Waals surface area contributed by atoms with Crippen molar-refractivity contribution in [1.82, 2.24) is 4.90 Å². The third kappa shape index (κ3) is 5.11. The number of esters is 1. The Kier molecular flexibility index (Phi) is 6.98. The summed E-state index contributed by atoms with van der Waals surface area (Å²) in [6.07, 6.45) is 0.324. The Balaban J connectivity index is 2.89. The molecule has 0 heterocycles. The maximum Gasteiger partial charge on any atom is 0.306 e. The fourth-order valence-electron chi connectivity index (χ4n) is 2.10. The van der Waals surface area contributed by atoms with Crippen LogP contribution in [0.2, 0.25) is 0 Å². The lowest BCUT2D eigenvalue weighted by Gasteiger charge is -2.28. The summed E-state index contributed by atoms with van der Waals surface area (Å²) >= 11 is 0. The predicted octanol–water partition coefficient (Wildman–Crippen LogP) is 1.35. The quantitative estimate of drug-likeness (QED) is 0.772. The number of nitrogens with two attached hydrogens (primary N) is 1. The van der Waals surface area contributed by atoms with E-state index < -0.39 is 11.9 Å². The van der Waals surface area contributed by atoms with Gasteiger partial charge in [-0.05, 0) is 31.0 Å². The highest BCUT2D eigenvalue weighted by molar-refractivity contribution is 5.84. The molecule has 0 bridgehead atoms. The zero-order chi connectivity index (χ0) is 16.7. The number of hydrogen-bond acceptors (Lipinski definition) is 4. The Morgan fingerprint density at radius 1 is 1.32 bits per heavy atom. The van der Waals surface area contributed by atoms with E-state index >= 15 is 0 Å². The largest absolute Gasteiger partial charge is 0.469 e. The van der Waals surface area contributed by atoms with Gasteiger partial charge < -0.3 is 15.4 Å². The first kappa shape index (κ1) is 18.1. The van der Waals surface area contributed by atoms with E-state index in [1.165, 1.54) is 24.1 Å². The number of benzene rings is 1. The number of carbonyl (C=O) groups excluding carboxylic acids is 2. The number of amides is 1. The van der Waals surface area contributed by atoms with Gasteiger partial charge in [-0.2, -0.15) is 0 Å². The fourth-order valence-corrected chi connectivity index (χ4v) is 2.10. The zero-order valence-corrected chi connectivity index (χ0v) is 13.2. The van der Waals surface area contributed by atoms with Crippen LogP contribution in [0.3, 0.4) is 0 Å². The summed E-state index contributed by atoms with van der Waals surface area (Å²) in [6.45, 7) is 2.18. The van der Waals surface area contributed by atoms with Crippen molar-refractivity contribution in [2.24, 2.45) is 11.7 Å². The van der Waals surface area contributed by atoms with Crippen LogP contribution in [0.5, 0.6) is 0 Å². The molecule has 0 spiro atoms. The lowest BCUT2D eigenvalue weighted by Crippen LogP contribution is -2.43. The smallest absolute Gasteiger partial charge is 0.306 e. The van der Waals surface area contributed by atoms with Gasteiger partial charge in [-0.1, -0.05) is 12.1 Å². The van der Waals surface area contributed by atoms with Crippen LogP contribution in [0.25, 0.3) is 0 Å². The van der Waals surface area contributed by atoms with E-state index in [9.17, 15) is 14.0 Å². The van der Waals surface area contributed by atoms with Crippen LogP contribution in [0, 0.1) is 11.7 Å². The molecule has 0 aromatic heterocycles. The summed E-state index contributed by atoms with van der Waals surface area (Å²) in [7, 11) is 2.95. The molecule has 0 aliphatic rings. The minimum absolute atomic E-state index is 0.0195. The van der Waals surface area contributed by atoms with E-state index in [1.54, 1.807) is 19.2 Å². The normalized spacial score (nSPS) is 13.3. The molecule has 2 atom stereocenters. The molecule has 1 rings (SSSR count). The van der Waals surface area contributed by atoms with Gasteiger partial charge in [0.2, 0.25) is 5.91 Å². The Morgan fingerprint density at radius 3 is 2.41 bits per heavy atom. The van der Waals surface area contributed by atoms with Gasteiger partial charge in [-0.15, -0.1) is 0 Å². The summed E-state index contributed by atoms with van der Waals surface area (Å²) in [5, 5.41) is 0. The zero-order valence-electron chi connectivity index (χ0n) is 13.2. The standard InChI is InChI=1S/C16H23FN2O3/c1-11(10-18)19(2)16(21)13(9-15(20)22-3)8-12-4-6-14(17)7-5-12/h4-7,11,13H,8-10,18H2,1-3H3/t11-,13+/m0/s1. The summed E-state index contributed by atoms with van der Waals surface area (Å²) in [5.74, 6) is -1.52. The Hall–Kier alpha value is -1.95. The van der Waals surface area contributed by atoms with Gasteiger partial charge in [-0.3, -0.25) is 9.59 Å². The summed E-state index contributed by atoms with van der Waals surface area (Å²) in [4.78, 5) is 25.6. The first-order chi connectivity index (χ1) is 10.4. The molecule has 6 heteroatoms. The second kappa shape index (κ2) is 8.48. The van der Waals surface area contributed by atoms with E-state index in [0.29, 0.717) is 13.0 Å². The number of halogens is 1. The molecular formula is C16H23FN2O3. The maximum atomic E-state index is 13.0. The second-order valence-corrected chi connectivity index (χ2v) is 5.34. The molecule has 0 saturated carbocycles. The average Bonchev–Trinajstić information content (AvgIpc) is 2.53. The van der Waals surface area contributed by atoms with Gasteiger partial charge in [0.1, 0.15) is 5.82 Å². The molecule has 1 amide bonds. The van der Waals surface area contributed by atoms with Crippen molar-refractivity contribution in [3.8, 4) is 0 Å². The van der Waals surface area contributed by atoms with Gasteiger partial charge >= 0.3 is 5.97 Å². The molecule has 1 aromatic carbocycles. The number of hydrogen-bond donors (Lipinski definition) is 1. The number of nitrogens with zero attached hydrogens (tertiary/aromatic N) is 1. The van der Waals surface area contributed by atoms with Crippen molar-refractivity contribution < 1.29 is 18.7 Å². The van der Waals surface area contributed by atoms with E-state index in [2.05, 4.69) is 4.74 Å². The van der Waals surface area contributed by atoms with Crippen molar-refractivity contribution >= 4 is 11.9 Å². The average molecular weight is 310 g/mol. The van der Waals surface area contributed by atoms with Gasteiger partial charge in [-0.25, -0.2) is 4.39 Å². The summed E-state index contributed by atoms with van der Waals surface area (Å²) in [5.41, 5.74) is 6.37. The Labute approximate surface area is 130 Å². The molecule has 0 aliphatic heterocycles. The van der Waals surface area contributed by atoms with E-state index in [4.69, 9.17) is 5.73 Å². The van der Waals surface area contributed by atoms with Crippen LogP contribution >= 0.6 is 0 Å². The van der Waals surface area contributed by atoms with Gasteiger partial charge in [0.05, 0.1) is 19.4 Å². The minimum Gasteiger partial charge on any atom is -0.469 e. The SMILES string of the molecule is COC(=O)C[C@@H](Cc1ccc(F)cc1)C(=O)N(C)[C@@H](C)CN. The van der Waals surface area contributed by atoms with Crippen molar-refractivity contribution in [3.63, 3.8) is 0 Å². The Bertz CT molecular complexity index is 505. The van der Waals surface area contributed by atoms with Crippen molar-refractivity contribution in [3.05, 3.63) is 35.6 Å². The highest BCUT2D eigenvalue weighted by atomic mass is 19.1. The Morgan fingerprint density at radius 2 is 1.91 bits per heavy atom. The van der Waals surface area contributed by atoms with E-state index in [-0.39, 0.29) is 24.2 Å². The molecule has 5 nitrogen and oxygen atoms in total. The molecule has 0 fully saturated rings. The fraction of sp³-hybridized carbons (Fsp3) is 0.500. The van der Waals surface area contributed by atoms with Crippen LogP contribution in [0.1, 0.15) is 18.9 Å². The van der Waals surface area contributed by atoms with Crippen molar-refractivity contribution in [1.29, 1.82) is 0 Å². The van der Waals surface area contributed by atoms with Gasteiger partial charge in [0.15, 0.2) is 0 Å². The first-order valence-electron chi connectivity index (χ1n) is 7.17. The number of carbonyl (C=O) groups is 2. The molecular weight excluding hydrogens is 287 g/mol. The molecule has 122 valence electrons. The van der Waals surface area contributed by atoms with Crippen LogP contribution in [0.15, 0.2) is 24.3 Å². The van der Waals surface area contributed by atoms with Crippen LogP contribution in [-0.2, 0) is 20.7 Å². The van der Waals surface area contributed by atoms with Crippen LogP contribution < -0.4 is 5.73 Å². The number of rotatable bonds is 7. The van der Waals surface area contributed by atoms with Gasteiger partial charge in [0, 0.05) is 19.6 Å². The lowest BCUT2D eigenvalue weighted by atomic mass is 9.94. The highest BCUT2D eigenvalue weighted by Crippen LogP contribution is 2.17. The second-order valence-electron chi connectivity index (χ2n) is 5.34. The third-order valence-electron chi connectivity index (χ3n) is 3.74. The molecule has 1 aromatic rings. The van der Waals surface area contributed by atoms with E-state index in [0.717, 1.165) is 5.56 Å². The number of likely N-dealkylation sites (N-methyl/N-ethyl adjacent to an activating group) is 1. The summed E-state index contributed by atoms with van der Waals surface area (Å²) in [6, 6.07) is 5.77. The molecule has 0 saturated heterocycles. The lowest BCUT2D eigenvalue weighted by molar-refractivity contribution is -0.147. The monoisotopic (exact) mass is 310 g/mol. The van der Waals surface area contributed by atoms with Gasteiger partial charge in [0.25, 0.3) is 0 Å². The maximum absolute atomic E-state index is 13.0. The summed E-state index contributed by atoms with van der Waals surface area (Å²) < 4.78 is 17.6. The molecule has 2 N–H and O–H groups in total.